The van der Waals surface area contributed by atoms with Crippen LogP contribution in [0.25, 0.3) is 21.8 Å². The van der Waals surface area contributed by atoms with E-state index < -0.39 is 0 Å². The lowest BCUT2D eigenvalue weighted by molar-refractivity contribution is 0.824. The van der Waals surface area contributed by atoms with Crippen LogP contribution in [0.5, 0.6) is 0 Å². The van der Waals surface area contributed by atoms with E-state index in [2.05, 4.69) is 28.2 Å². The quantitative estimate of drug-likeness (QED) is 0.572. The minimum Gasteiger partial charge on any atom is -0.412 e. The van der Waals surface area contributed by atoms with Gasteiger partial charge in [0.25, 0.3) is 0 Å². The van der Waals surface area contributed by atoms with Crippen LogP contribution in [0.15, 0.2) is 42.7 Å². The van der Waals surface area contributed by atoms with E-state index in [1.807, 2.05) is 24.5 Å². The van der Waals surface area contributed by atoms with Crippen LogP contribution in [0.4, 0.5) is 0 Å². The Morgan fingerprint density at radius 3 is 2.64 bits per heavy atom. The first-order valence-electron chi connectivity index (χ1n) is 4.25. The zero-order chi connectivity index (χ0) is 8.67. The van der Waals surface area contributed by atoms with E-state index in [9.17, 15) is 0 Å². The first-order chi connectivity index (χ1) is 6.45. The highest BCUT2D eigenvalue weighted by molar-refractivity contribution is 6.06. The zero-order valence-electron chi connectivity index (χ0n) is 7.49. The molecule has 3 rings (SSSR count). The number of rotatable bonds is 0. The summed E-state index contributed by atoms with van der Waals surface area (Å²) in [5.74, 6) is 0. The van der Waals surface area contributed by atoms with E-state index in [0.717, 1.165) is 5.52 Å². The molecule has 14 heavy (non-hydrogen) atoms. The Balaban J connectivity index is 0.000000750. The maximum Gasteiger partial charge on any atom is 0.0651 e. The van der Waals surface area contributed by atoms with E-state index in [4.69, 9.17) is 0 Å². The minimum atomic E-state index is 0. The summed E-state index contributed by atoms with van der Waals surface area (Å²) in [5.41, 5.74) is 2.27. The molecule has 3 nitrogen and oxygen atoms in total. The van der Waals surface area contributed by atoms with Gasteiger partial charge in [-0.15, -0.1) is 0 Å². The lowest BCUT2D eigenvalue weighted by atomic mass is 10.2. The van der Waals surface area contributed by atoms with Crippen LogP contribution in [-0.4, -0.2) is 15.4 Å². The van der Waals surface area contributed by atoms with Crippen molar-refractivity contribution in [1.29, 1.82) is 0 Å². The molecular formula is C11H10N2O. The van der Waals surface area contributed by atoms with Gasteiger partial charge in [-0.25, -0.2) is 0 Å². The van der Waals surface area contributed by atoms with E-state index in [0.29, 0.717) is 0 Å². The molecule has 3 heteroatoms. The van der Waals surface area contributed by atoms with Crippen LogP contribution in [0.1, 0.15) is 0 Å². The van der Waals surface area contributed by atoms with Crippen molar-refractivity contribution in [1.82, 2.24) is 9.97 Å². The van der Waals surface area contributed by atoms with Crippen molar-refractivity contribution < 1.29 is 5.48 Å². The van der Waals surface area contributed by atoms with Gasteiger partial charge in [-0.3, -0.25) is 4.98 Å². The molecule has 70 valence electrons. The van der Waals surface area contributed by atoms with Crippen LogP contribution < -0.4 is 0 Å². The van der Waals surface area contributed by atoms with Crippen LogP contribution >= 0.6 is 0 Å². The van der Waals surface area contributed by atoms with Gasteiger partial charge in [0, 0.05) is 22.5 Å². The number of hydrogen-bond donors (Lipinski definition) is 1. The highest BCUT2D eigenvalue weighted by Gasteiger charge is 2.00. The highest BCUT2D eigenvalue weighted by Crippen LogP contribution is 2.23. The fourth-order valence-electron chi connectivity index (χ4n) is 1.70. The first kappa shape index (κ1) is 8.72. The summed E-state index contributed by atoms with van der Waals surface area (Å²) in [6, 6.07) is 10.3. The van der Waals surface area contributed by atoms with Crippen molar-refractivity contribution in [2.75, 3.05) is 0 Å². The number of nitrogens with one attached hydrogen (secondary N) is 1. The Morgan fingerprint density at radius 2 is 1.71 bits per heavy atom. The zero-order valence-corrected chi connectivity index (χ0v) is 7.49. The molecule has 0 amide bonds. The van der Waals surface area contributed by atoms with Gasteiger partial charge in [0.05, 0.1) is 11.7 Å². The molecule has 0 spiro atoms. The maximum atomic E-state index is 4.08. The van der Waals surface area contributed by atoms with E-state index in [1.54, 1.807) is 0 Å². The number of fused-ring (bicyclic) bond motifs is 3. The third-order valence-electron chi connectivity index (χ3n) is 2.31. The fraction of sp³-hybridized carbons (Fsp3) is 0. The summed E-state index contributed by atoms with van der Waals surface area (Å²) in [6.07, 6.45) is 3.68. The second-order valence-electron chi connectivity index (χ2n) is 3.09. The Bertz CT molecular complexity index is 521. The average molecular weight is 186 g/mol. The summed E-state index contributed by atoms with van der Waals surface area (Å²) >= 11 is 0. The monoisotopic (exact) mass is 186 g/mol. The lowest BCUT2D eigenvalue weighted by Crippen LogP contribution is -1.68. The predicted molar refractivity (Wildman–Crippen MR) is 57.2 cm³/mol. The van der Waals surface area contributed by atoms with Crippen LogP contribution in [0.3, 0.4) is 0 Å². The normalized spacial score (nSPS) is 10.3. The smallest absolute Gasteiger partial charge is 0.0651 e. The molecule has 0 saturated heterocycles. The molecular weight excluding hydrogens is 176 g/mol. The van der Waals surface area contributed by atoms with E-state index in [1.165, 1.54) is 16.3 Å². The van der Waals surface area contributed by atoms with Crippen molar-refractivity contribution in [2.24, 2.45) is 0 Å². The van der Waals surface area contributed by atoms with Gasteiger partial charge in [-0.05, 0) is 12.1 Å². The van der Waals surface area contributed by atoms with Gasteiger partial charge in [-0.1, -0.05) is 18.2 Å². The summed E-state index contributed by atoms with van der Waals surface area (Å²) in [6.45, 7) is 0. The van der Waals surface area contributed by atoms with E-state index >= 15 is 0 Å². The topological polar surface area (TPSA) is 60.2 Å². The molecule has 2 heterocycles. The second kappa shape index (κ2) is 3.12. The first-order valence-corrected chi connectivity index (χ1v) is 4.25. The predicted octanol–water partition coefficient (Wildman–Crippen LogP) is 1.89. The third-order valence-corrected chi connectivity index (χ3v) is 2.31. The number of para-hydroxylation sites is 1. The molecule has 0 aliphatic heterocycles. The molecule has 0 unspecified atom stereocenters. The van der Waals surface area contributed by atoms with Crippen LogP contribution in [0.2, 0.25) is 0 Å². The third kappa shape index (κ3) is 1.07. The molecule has 0 aliphatic rings. The van der Waals surface area contributed by atoms with Crippen molar-refractivity contribution in [2.45, 2.75) is 0 Å². The molecule has 0 saturated carbocycles. The number of hydrogen-bond acceptors (Lipinski definition) is 1. The Kier molecular flexibility index (Phi) is 1.94. The molecule has 2 aromatic heterocycles. The van der Waals surface area contributed by atoms with Crippen LogP contribution in [0, 0.1) is 0 Å². The molecule has 0 atom stereocenters. The number of H-pyrrole nitrogens is 1. The number of aromatic nitrogens is 2. The summed E-state index contributed by atoms with van der Waals surface area (Å²) in [7, 11) is 0. The standard InChI is InChI=1S/C11H8N2.H2O/c1-2-4-10-8(3-1)9-5-6-12-7-11(9)13-10;/h1-7,13H;1H2. The van der Waals surface area contributed by atoms with Gasteiger partial charge in [0.15, 0.2) is 0 Å². The largest absolute Gasteiger partial charge is 0.412 e. The number of aromatic amines is 1. The number of pyridine rings is 1. The van der Waals surface area contributed by atoms with Crippen molar-refractivity contribution >= 4 is 21.8 Å². The summed E-state index contributed by atoms with van der Waals surface area (Å²) in [4.78, 5) is 7.39. The molecule has 0 fully saturated rings. The molecule has 0 aliphatic carbocycles. The van der Waals surface area contributed by atoms with Gasteiger partial charge in [-0.2, -0.15) is 0 Å². The van der Waals surface area contributed by atoms with Gasteiger partial charge < -0.3 is 10.5 Å². The average Bonchev–Trinajstić information content (AvgIpc) is 2.56. The molecule has 0 bridgehead atoms. The van der Waals surface area contributed by atoms with Crippen molar-refractivity contribution in [3.05, 3.63) is 42.7 Å². The number of benzene rings is 1. The summed E-state index contributed by atoms with van der Waals surface area (Å²) in [5, 5.41) is 2.51. The van der Waals surface area contributed by atoms with Crippen molar-refractivity contribution in [3.63, 3.8) is 0 Å². The maximum absolute atomic E-state index is 4.08. The SMILES string of the molecule is O.c1ccc2c(c1)[nH]c1cnccc12. The summed E-state index contributed by atoms with van der Waals surface area (Å²) < 4.78 is 0. The van der Waals surface area contributed by atoms with Crippen LogP contribution in [-0.2, 0) is 0 Å². The van der Waals surface area contributed by atoms with Gasteiger partial charge >= 0.3 is 0 Å². The fourth-order valence-corrected chi connectivity index (χ4v) is 1.70. The molecule has 0 radical (unpaired) electrons. The lowest BCUT2D eigenvalue weighted by Gasteiger charge is -1.87. The molecule has 3 N–H and O–H groups in total. The Labute approximate surface area is 80.7 Å². The minimum absolute atomic E-state index is 0. The van der Waals surface area contributed by atoms with E-state index in [-0.39, 0.29) is 5.48 Å². The molecule has 1 aromatic carbocycles. The van der Waals surface area contributed by atoms with Gasteiger partial charge in [0.2, 0.25) is 0 Å². The highest BCUT2D eigenvalue weighted by atomic mass is 16.0. The van der Waals surface area contributed by atoms with Gasteiger partial charge in [0.1, 0.15) is 0 Å². The molecule has 3 aromatic rings. The Morgan fingerprint density at radius 1 is 0.929 bits per heavy atom. The second-order valence-corrected chi connectivity index (χ2v) is 3.09. The number of nitrogens with zero attached hydrogens (tertiary/aromatic N) is 1. The Hall–Kier alpha value is -1.87. The van der Waals surface area contributed by atoms with Crippen molar-refractivity contribution in [3.8, 4) is 0 Å².